The fourth-order valence-corrected chi connectivity index (χ4v) is 1.87. The standard InChI is InChI=1S/C9H16BrNO/c1-7(10)6-11(2)9(12)8-4-3-5-8/h7-8H,3-6H2,1-2H3. The molecule has 1 atom stereocenters. The average molecular weight is 234 g/mol. The van der Waals surface area contributed by atoms with Gasteiger partial charge in [0.25, 0.3) is 0 Å². The third kappa shape index (κ3) is 2.47. The molecule has 0 bridgehead atoms. The Kier molecular flexibility index (Phi) is 3.56. The Balaban J connectivity index is 2.30. The van der Waals surface area contributed by atoms with Crippen LogP contribution in [0.1, 0.15) is 26.2 Å². The molecule has 0 heterocycles. The first-order chi connectivity index (χ1) is 5.61. The summed E-state index contributed by atoms with van der Waals surface area (Å²) in [6, 6.07) is 0. The third-order valence-electron chi connectivity index (χ3n) is 2.36. The molecule has 1 saturated carbocycles. The van der Waals surface area contributed by atoms with Crippen LogP contribution < -0.4 is 0 Å². The highest BCUT2D eigenvalue weighted by Gasteiger charge is 2.27. The molecule has 1 aliphatic rings. The van der Waals surface area contributed by atoms with Crippen LogP contribution in [0.4, 0.5) is 0 Å². The number of carbonyl (C=O) groups excluding carboxylic acids is 1. The predicted octanol–water partition coefficient (Wildman–Crippen LogP) is 2.03. The number of carbonyl (C=O) groups is 1. The Morgan fingerprint density at radius 3 is 2.58 bits per heavy atom. The van der Waals surface area contributed by atoms with Gasteiger partial charge in [0.05, 0.1) is 0 Å². The SMILES string of the molecule is CC(Br)CN(C)C(=O)C1CCC1. The van der Waals surface area contributed by atoms with Crippen molar-refractivity contribution < 1.29 is 4.79 Å². The van der Waals surface area contributed by atoms with Gasteiger partial charge in [-0.1, -0.05) is 29.3 Å². The van der Waals surface area contributed by atoms with Gasteiger partial charge in [-0.25, -0.2) is 0 Å². The molecule has 1 unspecified atom stereocenters. The van der Waals surface area contributed by atoms with Gasteiger partial charge in [0.1, 0.15) is 0 Å². The van der Waals surface area contributed by atoms with Crippen LogP contribution in [0.25, 0.3) is 0 Å². The fraction of sp³-hybridized carbons (Fsp3) is 0.889. The first-order valence-corrected chi connectivity index (χ1v) is 5.42. The van der Waals surface area contributed by atoms with Crippen LogP contribution >= 0.6 is 15.9 Å². The van der Waals surface area contributed by atoms with Crippen LogP contribution in [-0.4, -0.2) is 29.2 Å². The molecule has 1 aliphatic carbocycles. The monoisotopic (exact) mass is 233 g/mol. The van der Waals surface area contributed by atoms with Gasteiger partial charge in [0.15, 0.2) is 0 Å². The van der Waals surface area contributed by atoms with Crippen molar-refractivity contribution in [2.24, 2.45) is 5.92 Å². The average Bonchev–Trinajstić information content (AvgIpc) is 1.81. The highest BCUT2D eigenvalue weighted by atomic mass is 79.9. The number of rotatable bonds is 3. The van der Waals surface area contributed by atoms with Crippen molar-refractivity contribution in [1.29, 1.82) is 0 Å². The lowest BCUT2D eigenvalue weighted by Gasteiger charge is -2.29. The lowest BCUT2D eigenvalue weighted by molar-refractivity contribution is -0.136. The second-order valence-corrected chi connectivity index (χ2v) is 5.19. The van der Waals surface area contributed by atoms with Crippen molar-refractivity contribution in [2.45, 2.75) is 31.0 Å². The van der Waals surface area contributed by atoms with Gasteiger partial charge in [-0.3, -0.25) is 4.79 Å². The minimum absolute atomic E-state index is 0.326. The highest BCUT2D eigenvalue weighted by Crippen LogP contribution is 2.27. The Hall–Kier alpha value is -0.0500. The van der Waals surface area contributed by atoms with Gasteiger partial charge in [0.2, 0.25) is 5.91 Å². The topological polar surface area (TPSA) is 20.3 Å². The van der Waals surface area contributed by atoms with Crippen molar-refractivity contribution in [3.63, 3.8) is 0 Å². The summed E-state index contributed by atoms with van der Waals surface area (Å²) in [5.41, 5.74) is 0. The van der Waals surface area contributed by atoms with Crippen LogP contribution in [0.5, 0.6) is 0 Å². The Morgan fingerprint density at radius 2 is 2.25 bits per heavy atom. The number of alkyl halides is 1. The Bertz CT molecular complexity index is 166. The largest absolute Gasteiger partial charge is 0.344 e. The predicted molar refractivity (Wildman–Crippen MR) is 53.4 cm³/mol. The summed E-state index contributed by atoms with van der Waals surface area (Å²) >= 11 is 3.44. The van der Waals surface area contributed by atoms with Crippen LogP contribution in [0, 0.1) is 5.92 Å². The maximum Gasteiger partial charge on any atom is 0.225 e. The zero-order valence-electron chi connectivity index (χ0n) is 7.72. The summed E-state index contributed by atoms with van der Waals surface area (Å²) in [7, 11) is 1.89. The molecule has 1 rings (SSSR count). The molecule has 2 nitrogen and oxygen atoms in total. The maximum absolute atomic E-state index is 11.6. The molecule has 0 aliphatic heterocycles. The van der Waals surface area contributed by atoms with Crippen molar-refractivity contribution in [3.8, 4) is 0 Å². The van der Waals surface area contributed by atoms with Crippen molar-refractivity contribution in [1.82, 2.24) is 4.90 Å². The van der Waals surface area contributed by atoms with E-state index in [9.17, 15) is 4.79 Å². The number of nitrogens with zero attached hydrogens (tertiary/aromatic N) is 1. The van der Waals surface area contributed by atoms with E-state index in [2.05, 4.69) is 22.9 Å². The Labute approximate surface area is 82.4 Å². The van der Waals surface area contributed by atoms with E-state index < -0.39 is 0 Å². The lowest BCUT2D eigenvalue weighted by Crippen LogP contribution is -2.38. The van der Waals surface area contributed by atoms with Crippen molar-refractivity contribution in [3.05, 3.63) is 0 Å². The summed E-state index contributed by atoms with van der Waals surface area (Å²) in [6.45, 7) is 2.87. The zero-order chi connectivity index (χ0) is 9.14. The Morgan fingerprint density at radius 1 is 1.67 bits per heavy atom. The van der Waals surface area contributed by atoms with Gasteiger partial charge in [-0.15, -0.1) is 0 Å². The molecule has 12 heavy (non-hydrogen) atoms. The minimum Gasteiger partial charge on any atom is -0.344 e. The quantitative estimate of drug-likeness (QED) is 0.684. The van der Waals surface area contributed by atoms with Gasteiger partial charge < -0.3 is 4.90 Å². The smallest absolute Gasteiger partial charge is 0.225 e. The molecular weight excluding hydrogens is 218 g/mol. The highest BCUT2D eigenvalue weighted by molar-refractivity contribution is 9.09. The van der Waals surface area contributed by atoms with Crippen LogP contribution in [0.15, 0.2) is 0 Å². The molecule has 1 fully saturated rings. The second-order valence-electron chi connectivity index (χ2n) is 3.63. The van der Waals surface area contributed by atoms with Gasteiger partial charge in [0, 0.05) is 24.3 Å². The molecule has 1 amide bonds. The molecule has 0 radical (unpaired) electrons. The van der Waals surface area contributed by atoms with Gasteiger partial charge in [-0.2, -0.15) is 0 Å². The molecular formula is C9H16BrNO. The molecule has 0 N–H and O–H groups in total. The molecule has 0 aromatic carbocycles. The summed E-state index contributed by atoms with van der Waals surface area (Å²) in [4.78, 5) is 13.8. The molecule has 70 valence electrons. The first kappa shape index (κ1) is 10.0. The van der Waals surface area contributed by atoms with E-state index in [1.165, 1.54) is 6.42 Å². The number of hydrogen-bond donors (Lipinski definition) is 0. The molecule has 0 spiro atoms. The van der Waals surface area contributed by atoms with Crippen LogP contribution in [0.2, 0.25) is 0 Å². The third-order valence-corrected chi connectivity index (χ3v) is 2.65. The number of halogens is 1. The maximum atomic E-state index is 11.6. The lowest BCUT2D eigenvalue weighted by atomic mass is 9.84. The number of hydrogen-bond acceptors (Lipinski definition) is 1. The summed E-state index contributed by atoms with van der Waals surface area (Å²) in [5, 5.41) is 0. The van der Waals surface area contributed by atoms with Crippen LogP contribution in [-0.2, 0) is 4.79 Å². The molecule has 0 aromatic rings. The summed E-state index contributed by atoms with van der Waals surface area (Å²) in [6.07, 6.45) is 3.42. The van der Waals surface area contributed by atoms with E-state index in [-0.39, 0.29) is 0 Å². The van der Waals surface area contributed by atoms with E-state index in [0.717, 1.165) is 19.4 Å². The van der Waals surface area contributed by atoms with E-state index in [4.69, 9.17) is 0 Å². The van der Waals surface area contributed by atoms with Crippen molar-refractivity contribution >= 4 is 21.8 Å². The fourth-order valence-electron chi connectivity index (χ4n) is 1.43. The zero-order valence-corrected chi connectivity index (χ0v) is 9.30. The van der Waals surface area contributed by atoms with E-state index >= 15 is 0 Å². The molecule has 3 heteroatoms. The van der Waals surface area contributed by atoms with E-state index in [1.54, 1.807) is 0 Å². The first-order valence-electron chi connectivity index (χ1n) is 4.50. The van der Waals surface area contributed by atoms with E-state index in [0.29, 0.717) is 16.7 Å². The van der Waals surface area contributed by atoms with Crippen molar-refractivity contribution in [2.75, 3.05) is 13.6 Å². The van der Waals surface area contributed by atoms with E-state index in [1.807, 2.05) is 11.9 Å². The number of amides is 1. The normalized spacial score (nSPS) is 19.9. The molecule has 0 saturated heterocycles. The molecule has 0 aromatic heterocycles. The summed E-state index contributed by atoms with van der Waals surface area (Å²) in [5.74, 6) is 0.661. The van der Waals surface area contributed by atoms with Crippen LogP contribution in [0.3, 0.4) is 0 Å². The van der Waals surface area contributed by atoms with Gasteiger partial charge in [-0.05, 0) is 12.8 Å². The second kappa shape index (κ2) is 4.26. The summed E-state index contributed by atoms with van der Waals surface area (Å²) < 4.78 is 0. The minimum atomic E-state index is 0.326. The van der Waals surface area contributed by atoms with Gasteiger partial charge >= 0.3 is 0 Å².